The first-order valence-corrected chi connectivity index (χ1v) is 7.69. The standard InChI is InChI=1S/C16H19ClFNO/c1-9(12-8-10-5-6-11(12)7-10)19-16(20)15-13(17)3-2-4-14(15)18/h2-4,9-12H,5-8H2,1H3,(H,19,20)/t9-,10-,11-,12-/m0/s1. The molecule has 2 bridgehead atoms. The van der Waals surface area contributed by atoms with Crippen molar-refractivity contribution in [1.29, 1.82) is 0 Å². The summed E-state index contributed by atoms with van der Waals surface area (Å²) < 4.78 is 13.7. The molecule has 0 heterocycles. The van der Waals surface area contributed by atoms with Crippen molar-refractivity contribution >= 4 is 17.5 Å². The highest BCUT2D eigenvalue weighted by atomic mass is 35.5. The van der Waals surface area contributed by atoms with E-state index in [4.69, 9.17) is 11.6 Å². The molecule has 1 aromatic carbocycles. The minimum atomic E-state index is -0.560. The molecule has 0 radical (unpaired) electrons. The molecule has 1 aromatic rings. The van der Waals surface area contributed by atoms with Crippen LogP contribution in [0.2, 0.25) is 5.02 Å². The van der Waals surface area contributed by atoms with E-state index in [-0.39, 0.29) is 16.6 Å². The largest absolute Gasteiger partial charge is 0.349 e. The van der Waals surface area contributed by atoms with Crippen LogP contribution in [-0.2, 0) is 0 Å². The summed E-state index contributed by atoms with van der Waals surface area (Å²) in [4.78, 5) is 12.2. The number of fused-ring (bicyclic) bond motifs is 2. The van der Waals surface area contributed by atoms with Crippen molar-refractivity contribution < 1.29 is 9.18 Å². The molecule has 20 heavy (non-hydrogen) atoms. The molecule has 0 spiro atoms. The Balaban J connectivity index is 1.70. The van der Waals surface area contributed by atoms with Crippen molar-refractivity contribution in [2.45, 2.75) is 38.6 Å². The Hall–Kier alpha value is -1.09. The van der Waals surface area contributed by atoms with E-state index in [2.05, 4.69) is 5.32 Å². The average Bonchev–Trinajstić information content (AvgIpc) is 3.00. The molecular weight excluding hydrogens is 277 g/mol. The van der Waals surface area contributed by atoms with Crippen LogP contribution < -0.4 is 5.32 Å². The van der Waals surface area contributed by atoms with Gasteiger partial charge in [0, 0.05) is 6.04 Å². The molecular formula is C16H19ClFNO. The van der Waals surface area contributed by atoms with Gasteiger partial charge in [0.1, 0.15) is 5.82 Å². The Bertz CT molecular complexity index is 513. The first-order chi connectivity index (χ1) is 9.56. The lowest BCUT2D eigenvalue weighted by molar-refractivity contribution is 0.0911. The summed E-state index contributed by atoms with van der Waals surface area (Å²) in [6.45, 7) is 2.03. The minimum absolute atomic E-state index is 0.0378. The predicted octanol–water partition coefficient (Wildman–Crippen LogP) is 4.03. The predicted molar refractivity (Wildman–Crippen MR) is 77.3 cm³/mol. The second-order valence-corrected chi connectivity index (χ2v) is 6.60. The normalized spacial score (nSPS) is 29.4. The van der Waals surface area contributed by atoms with E-state index in [1.54, 1.807) is 6.07 Å². The van der Waals surface area contributed by atoms with Crippen LogP contribution >= 0.6 is 11.6 Å². The average molecular weight is 296 g/mol. The smallest absolute Gasteiger partial charge is 0.255 e. The van der Waals surface area contributed by atoms with Crippen LogP contribution in [0.1, 0.15) is 43.0 Å². The first kappa shape index (κ1) is 13.9. The van der Waals surface area contributed by atoms with Gasteiger partial charge in [-0.2, -0.15) is 0 Å². The molecule has 2 aliphatic carbocycles. The van der Waals surface area contributed by atoms with Crippen molar-refractivity contribution in [3.05, 3.63) is 34.6 Å². The third kappa shape index (κ3) is 2.44. The van der Waals surface area contributed by atoms with Gasteiger partial charge in [-0.3, -0.25) is 4.79 Å². The molecule has 3 rings (SSSR count). The van der Waals surface area contributed by atoms with Crippen LogP contribution in [-0.4, -0.2) is 11.9 Å². The molecule has 2 saturated carbocycles. The Morgan fingerprint density at radius 3 is 2.80 bits per heavy atom. The molecule has 2 nitrogen and oxygen atoms in total. The third-order valence-corrected chi connectivity index (χ3v) is 5.30. The van der Waals surface area contributed by atoms with Crippen molar-refractivity contribution in [3.8, 4) is 0 Å². The molecule has 2 fully saturated rings. The van der Waals surface area contributed by atoms with Gasteiger partial charge in [-0.25, -0.2) is 4.39 Å². The second-order valence-electron chi connectivity index (χ2n) is 6.20. The van der Waals surface area contributed by atoms with Gasteiger partial charge >= 0.3 is 0 Å². The Morgan fingerprint density at radius 1 is 1.40 bits per heavy atom. The molecule has 0 unspecified atom stereocenters. The monoisotopic (exact) mass is 295 g/mol. The molecule has 0 aliphatic heterocycles. The SMILES string of the molecule is C[C@H](NC(=O)c1c(F)cccc1Cl)[C@@H]1C[C@H]2CC[C@H]1C2. The van der Waals surface area contributed by atoms with Crippen LogP contribution in [0.4, 0.5) is 4.39 Å². The van der Waals surface area contributed by atoms with Gasteiger partial charge in [-0.1, -0.05) is 24.1 Å². The maximum absolute atomic E-state index is 13.7. The number of carbonyl (C=O) groups is 1. The van der Waals surface area contributed by atoms with Crippen LogP contribution in [0.3, 0.4) is 0 Å². The summed E-state index contributed by atoms with van der Waals surface area (Å²) in [5, 5.41) is 3.11. The summed E-state index contributed by atoms with van der Waals surface area (Å²) in [5.74, 6) is 1.13. The van der Waals surface area contributed by atoms with Gasteiger partial charge in [-0.05, 0) is 56.1 Å². The van der Waals surface area contributed by atoms with Gasteiger partial charge in [-0.15, -0.1) is 0 Å². The zero-order valence-electron chi connectivity index (χ0n) is 11.5. The van der Waals surface area contributed by atoms with E-state index in [1.165, 1.54) is 37.8 Å². The number of hydrogen-bond acceptors (Lipinski definition) is 1. The van der Waals surface area contributed by atoms with Crippen molar-refractivity contribution in [2.75, 3.05) is 0 Å². The van der Waals surface area contributed by atoms with Crippen molar-refractivity contribution in [3.63, 3.8) is 0 Å². The summed E-state index contributed by atoms with van der Waals surface area (Å²) in [6, 6.07) is 4.40. The number of hydrogen-bond donors (Lipinski definition) is 1. The summed E-state index contributed by atoms with van der Waals surface area (Å²) >= 11 is 5.93. The fourth-order valence-electron chi connectivity index (χ4n) is 4.01. The molecule has 1 amide bonds. The molecule has 1 N–H and O–H groups in total. The fraction of sp³-hybridized carbons (Fsp3) is 0.562. The lowest BCUT2D eigenvalue weighted by atomic mass is 9.84. The molecule has 108 valence electrons. The minimum Gasteiger partial charge on any atom is -0.349 e. The Kier molecular flexibility index (Phi) is 3.72. The van der Waals surface area contributed by atoms with Gasteiger partial charge < -0.3 is 5.32 Å². The van der Waals surface area contributed by atoms with Crippen molar-refractivity contribution in [2.24, 2.45) is 17.8 Å². The highest BCUT2D eigenvalue weighted by Crippen LogP contribution is 2.49. The Labute approximate surface area is 123 Å². The summed E-state index contributed by atoms with van der Waals surface area (Å²) in [5.41, 5.74) is -0.0378. The van der Waals surface area contributed by atoms with Crippen LogP contribution in [0.25, 0.3) is 0 Å². The fourth-order valence-corrected chi connectivity index (χ4v) is 4.26. The topological polar surface area (TPSA) is 29.1 Å². The summed E-state index contributed by atoms with van der Waals surface area (Å²) in [7, 11) is 0. The highest BCUT2D eigenvalue weighted by Gasteiger charge is 2.42. The quantitative estimate of drug-likeness (QED) is 0.896. The van der Waals surface area contributed by atoms with Gasteiger partial charge in [0.2, 0.25) is 0 Å². The van der Waals surface area contributed by atoms with Crippen LogP contribution in [0, 0.1) is 23.6 Å². The van der Waals surface area contributed by atoms with Crippen molar-refractivity contribution in [1.82, 2.24) is 5.32 Å². The summed E-state index contributed by atoms with van der Waals surface area (Å²) in [6.07, 6.45) is 5.10. The van der Waals surface area contributed by atoms with E-state index in [1.807, 2.05) is 6.92 Å². The zero-order chi connectivity index (χ0) is 14.3. The number of halogens is 2. The van der Waals surface area contributed by atoms with E-state index in [0.29, 0.717) is 5.92 Å². The number of amides is 1. The van der Waals surface area contributed by atoms with Gasteiger partial charge in [0.05, 0.1) is 10.6 Å². The number of carbonyl (C=O) groups excluding carboxylic acids is 1. The zero-order valence-corrected chi connectivity index (χ0v) is 12.3. The van der Waals surface area contributed by atoms with Gasteiger partial charge in [0.15, 0.2) is 0 Å². The third-order valence-electron chi connectivity index (χ3n) is 4.98. The maximum Gasteiger partial charge on any atom is 0.255 e. The molecule has 2 aliphatic rings. The van der Waals surface area contributed by atoms with Crippen LogP contribution in [0.15, 0.2) is 18.2 Å². The highest BCUT2D eigenvalue weighted by molar-refractivity contribution is 6.33. The Morgan fingerprint density at radius 2 is 2.20 bits per heavy atom. The molecule has 4 atom stereocenters. The molecule has 0 saturated heterocycles. The number of benzene rings is 1. The number of rotatable bonds is 3. The van der Waals surface area contributed by atoms with E-state index < -0.39 is 11.7 Å². The number of nitrogens with one attached hydrogen (secondary N) is 1. The first-order valence-electron chi connectivity index (χ1n) is 7.31. The lowest BCUT2D eigenvalue weighted by Gasteiger charge is -2.28. The van der Waals surface area contributed by atoms with Crippen LogP contribution in [0.5, 0.6) is 0 Å². The van der Waals surface area contributed by atoms with E-state index in [0.717, 1.165) is 11.8 Å². The molecule has 4 heteroatoms. The second kappa shape index (κ2) is 5.36. The maximum atomic E-state index is 13.7. The molecule has 0 aromatic heterocycles. The van der Waals surface area contributed by atoms with E-state index >= 15 is 0 Å². The lowest BCUT2D eigenvalue weighted by Crippen LogP contribution is -2.40. The van der Waals surface area contributed by atoms with E-state index in [9.17, 15) is 9.18 Å². The van der Waals surface area contributed by atoms with Gasteiger partial charge in [0.25, 0.3) is 5.91 Å².